The van der Waals surface area contributed by atoms with Crippen LogP contribution in [0.1, 0.15) is 6.92 Å². The van der Waals surface area contributed by atoms with Crippen LogP contribution in [0.3, 0.4) is 0 Å². The van der Waals surface area contributed by atoms with Crippen molar-refractivity contribution in [2.75, 3.05) is 11.9 Å². The van der Waals surface area contributed by atoms with Gasteiger partial charge in [-0.05, 0) is 36.4 Å². The molecule has 3 aromatic rings. The maximum atomic E-state index is 11.4. The molecule has 0 fully saturated rings. The Labute approximate surface area is 142 Å². The van der Waals surface area contributed by atoms with Crippen LogP contribution < -0.4 is 10.1 Å². The summed E-state index contributed by atoms with van der Waals surface area (Å²) < 4.78 is 8.73. The Kier molecular flexibility index (Phi) is 4.62. The van der Waals surface area contributed by atoms with Crippen LogP contribution in [-0.4, -0.2) is 22.1 Å². The molecule has 0 aliphatic heterocycles. The first-order valence-corrected chi connectivity index (χ1v) is 8.04. The average Bonchev–Trinajstić information content (AvgIpc) is 2.86. The van der Waals surface area contributed by atoms with E-state index < -0.39 is 0 Å². The number of anilines is 1. The number of para-hydroxylation sites is 2. The van der Waals surface area contributed by atoms with E-state index in [1.165, 1.54) is 6.92 Å². The number of imidazole rings is 1. The van der Waals surface area contributed by atoms with Gasteiger partial charge in [0.05, 0.1) is 17.6 Å². The number of fused-ring (bicyclic) bond motifs is 1. The number of ether oxygens (including phenoxy) is 1. The molecule has 5 nitrogen and oxygen atoms in total. The SMILES string of the molecule is CC(=O)Nc1nc2ccccc2n1CCOc1ccc(Br)cc1. The summed E-state index contributed by atoms with van der Waals surface area (Å²) in [6, 6.07) is 15.5. The minimum atomic E-state index is -0.143. The largest absolute Gasteiger partial charge is 0.492 e. The second-order valence-corrected chi connectivity index (χ2v) is 5.98. The van der Waals surface area contributed by atoms with Gasteiger partial charge in [0.1, 0.15) is 12.4 Å². The van der Waals surface area contributed by atoms with Crippen molar-refractivity contribution in [3.8, 4) is 5.75 Å². The molecule has 23 heavy (non-hydrogen) atoms. The molecular weight excluding hydrogens is 358 g/mol. The maximum Gasteiger partial charge on any atom is 0.223 e. The Morgan fingerprint density at radius 1 is 1.22 bits per heavy atom. The summed E-state index contributed by atoms with van der Waals surface area (Å²) in [5.41, 5.74) is 1.82. The van der Waals surface area contributed by atoms with Crippen molar-refractivity contribution in [1.29, 1.82) is 0 Å². The van der Waals surface area contributed by atoms with Crippen LogP contribution in [0.4, 0.5) is 5.95 Å². The lowest BCUT2D eigenvalue weighted by molar-refractivity contribution is -0.114. The molecular formula is C17H16BrN3O2. The molecule has 0 aliphatic carbocycles. The number of benzene rings is 2. The molecule has 1 aromatic heterocycles. The number of nitrogens with one attached hydrogen (secondary N) is 1. The third kappa shape index (κ3) is 3.71. The number of halogens is 1. The van der Waals surface area contributed by atoms with E-state index in [4.69, 9.17) is 4.74 Å². The molecule has 1 heterocycles. The molecule has 118 valence electrons. The lowest BCUT2D eigenvalue weighted by Gasteiger charge is -2.10. The van der Waals surface area contributed by atoms with Crippen molar-refractivity contribution in [1.82, 2.24) is 9.55 Å². The quantitative estimate of drug-likeness (QED) is 0.739. The Bertz CT molecular complexity index is 827. The van der Waals surface area contributed by atoms with Gasteiger partial charge >= 0.3 is 0 Å². The highest BCUT2D eigenvalue weighted by Gasteiger charge is 2.11. The highest BCUT2D eigenvalue weighted by atomic mass is 79.9. The molecule has 6 heteroatoms. The van der Waals surface area contributed by atoms with Crippen molar-refractivity contribution in [2.45, 2.75) is 13.5 Å². The van der Waals surface area contributed by atoms with Gasteiger partial charge in [-0.2, -0.15) is 0 Å². The molecule has 0 atom stereocenters. The topological polar surface area (TPSA) is 56.2 Å². The van der Waals surface area contributed by atoms with Gasteiger partial charge in [0.15, 0.2) is 0 Å². The van der Waals surface area contributed by atoms with Crippen molar-refractivity contribution in [3.63, 3.8) is 0 Å². The molecule has 1 N–H and O–H groups in total. The maximum absolute atomic E-state index is 11.4. The van der Waals surface area contributed by atoms with E-state index in [2.05, 4.69) is 26.2 Å². The first-order chi connectivity index (χ1) is 11.1. The van der Waals surface area contributed by atoms with Crippen molar-refractivity contribution < 1.29 is 9.53 Å². The van der Waals surface area contributed by atoms with E-state index in [9.17, 15) is 4.79 Å². The zero-order chi connectivity index (χ0) is 16.2. The summed E-state index contributed by atoms with van der Waals surface area (Å²) in [4.78, 5) is 15.8. The van der Waals surface area contributed by atoms with Gasteiger partial charge in [-0.25, -0.2) is 4.98 Å². The van der Waals surface area contributed by atoms with Crippen molar-refractivity contribution >= 4 is 38.8 Å². The fraction of sp³-hybridized carbons (Fsp3) is 0.176. The highest BCUT2D eigenvalue weighted by molar-refractivity contribution is 9.10. The number of hydrogen-bond donors (Lipinski definition) is 1. The number of rotatable bonds is 5. The zero-order valence-electron chi connectivity index (χ0n) is 12.6. The highest BCUT2D eigenvalue weighted by Crippen LogP contribution is 2.20. The summed E-state index contributed by atoms with van der Waals surface area (Å²) in [5, 5.41) is 2.77. The van der Waals surface area contributed by atoms with Crippen molar-refractivity contribution in [2.24, 2.45) is 0 Å². The fourth-order valence-corrected chi connectivity index (χ4v) is 2.60. The predicted molar refractivity (Wildman–Crippen MR) is 93.7 cm³/mol. The standard InChI is InChI=1S/C17H16BrN3O2/c1-12(22)19-17-20-15-4-2-3-5-16(15)21(17)10-11-23-14-8-6-13(18)7-9-14/h2-9H,10-11H2,1H3,(H,19,20,22). The van der Waals surface area contributed by atoms with Crippen LogP contribution in [0.2, 0.25) is 0 Å². The third-order valence-corrected chi connectivity index (χ3v) is 3.87. The first kappa shape index (κ1) is 15.6. The Morgan fingerprint density at radius 2 is 1.96 bits per heavy atom. The molecule has 3 rings (SSSR count). The number of carbonyl (C=O) groups is 1. The Morgan fingerprint density at radius 3 is 2.70 bits per heavy atom. The van der Waals surface area contributed by atoms with Gasteiger partial charge < -0.3 is 9.30 Å². The first-order valence-electron chi connectivity index (χ1n) is 7.25. The second kappa shape index (κ2) is 6.83. The van der Waals surface area contributed by atoms with Gasteiger partial charge in [-0.3, -0.25) is 10.1 Å². The van der Waals surface area contributed by atoms with Gasteiger partial charge in [0.2, 0.25) is 11.9 Å². The summed E-state index contributed by atoms with van der Waals surface area (Å²) in [6.45, 7) is 2.54. The van der Waals surface area contributed by atoms with E-state index >= 15 is 0 Å². The number of carbonyl (C=O) groups excluding carboxylic acids is 1. The number of nitrogens with zero attached hydrogens (tertiary/aromatic N) is 2. The summed E-state index contributed by atoms with van der Waals surface area (Å²) in [5.74, 6) is 1.20. The van der Waals surface area contributed by atoms with Crippen LogP contribution in [0.15, 0.2) is 53.0 Å². The molecule has 0 unspecified atom stereocenters. The molecule has 2 aromatic carbocycles. The predicted octanol–water partition coefficient (Wildman–Crippen LogP) is 3.84. The Balaban J connectivity index is 1.77. The fourth-order valence-electron chi connectivity index (χ4n) is 2.34. The second-order valence-electron chi connectivity index (χ2n) is 5.06. The molecule has 0 spiro atoms. The monoisotopic (exact) mass is 373 g/mol. The van der Waals surface area contributed by atoms with E-state index in [0.717, 1.165) is 21.3 Å². The smallest absolute Gasteiger partial charge is 0.223 e. The van der Waals surface area contributed by atoms with E-state index in [0.29, 0.717) is 19.1 Å². The summed E-state index contributed by atoms with van der Waals surface area (Å²) >= 11 is 3.40. The number of hydrogen-bond acceptors (Lipinski definition) is 3. The molecule has 0 aliphatic rings. The number of aromatic nitrogens is 2. The number of amides is 1. The molecule has 0 saturated carbocycles. The van der Waals surface area contributed by atoms with Crippen molar-refractivity contribution in [3.05, 3.63) is 53.0 Å². The molecule has 0 bridgehead atoms. The van der Waals surface area contributed by atoms with Crippen LogP contribution in [0.25, 0.3) is 11.0 Å². The lowest BCUT2D eigenvalue weighted by Crippen LogP contribution is -2.15. The van der Waals surface area contributed by atoms with E-state index in [1.807, 2.05) is 53.1 Å². The minimum absolute atomic E-state index is 0.143. The zero-order valence-corrected chi connectivity index (χ0v) is 14.2. The Hall–Kier alpha value is -2.34. The van der Waals surface area contributed by atoms with E-state index in [1.54, 1.807) is 0 Å². The normalized spacial score (nSPS) is 10.7. The van der Waals surface area contributed by atoms with Crippen LogP contribution in [0.5, 0.6) is 5.75 Å². The summed E-state index contributed by atoms with van der Waals surface area (Å²) in [6.07, 6.45) is 0. The van der Waals surface area contributed by atoms with E-state index in [-0.39, 0.29) is 5.91 Å². The molecule has 0 radical (unpaired) electrons. The van der Waals surface area contributed by atoms with Crippen LogP contribution >= 0.6 is 15.9 Å². The molecule has 0 saturated heterocycles. The van der Waals surface area contributed by atoms with Gasteiger partial charge in [-0.15, -0.1) is 0 Å². The minimum Gasteiger partial charge on any atom is -0.492 e. The third-order valence-electron chi connectivity index (χ3n) is 3.34. The average molecular weight is 374 g/mol. The van der Waals surface area contributed by atoms with Gasteiger partial charge in [0, 0.05) is 11.4 Å². The molecule has 1 amide bonds. The lowest BCUT2D eigenvalue weighted by atomic mass is 10.3. The van der Waals surface area contributed by atoms with Gasteiger partial charge in [-0.1, -0.05) is 28.1 Å². The van der Waals surface area contributed by atoms with Crippen LogP contribution in [-0.2, 0) is 11.3 Å². The summed E-state index contributed by atoms with van der Waals surface area (Å²) in [7, 11) is 0. The van der Waals surface area contributed by atoms with Crippen LogP contribution in [0, 0.1) is 0 Å². The van der Waals surface area contributed by atoms with Gasteiger partial charge in [0.25, 0.3) is 0 Å².